The number of carbonyl (C=O) groups is 1. The van der Waals surface area contributed by atoms with E-state index < -0.39 is 0 Å². The Morgan fingerprint density at radius 3 is 2.43 bits per heavy atom. The molecule has 1 saturated carbocycles. The predicted molar refractivity (Wildman–Crippen MR) is 95.7 cm³/mol. The lowest BCUT2D eigenvalue weighted by Crippen LogP contribution is -2.38. The van der Waals surface area contributed by atoms with Gasteiger partial charge in [-0.2, -0.15) is 0 Å². The maximum absolute atomic E-state index is 13.1. The topological polar surface area (TPSA) is 17.1 Å². The van der Waals surface area contributed by atoms with E-state index in [9.17, 15) is 4.79 Å². The normalized spacial score (nSPS) is 24.3. The van der Waals surface area contributed by atoms with Crippen LogP contribution in [0.15, 0.2) is 54.6 Å². The van der Waals surface area contributed by atoms with Crippen LogP contribution >= 0.6 is 0 Å². The minimum absolute atomic E-state index is 0.0710. The van der Waals surface area contributed by atoms with Crippen molar-refractivity contribution in [2.24, 2.45) is 11.3 Å². The van der Waals surface area contributed by atoms with Crippen LogP contribution < -0.4 is 0 Å². The third-order valence-electron chi connectivity index (χ3n) is 5.44. The number of benzene rings is 2. The van der Waals surface area contributed by atoms with Crippen molar-refractivity contribution in [2.75, 3.05) is 0 Å². The fourth-order valence-corrected chi connectivity index (χ4v) is 4.04. The Morgan fingerprint density at radius 1 is 1.04 bits per heavy atom. The molecule has 0 N–H and O–H groups in total. The highest BCUT2D eigenvalue weighted by Crippen LogP contribution is 2.45. The van der Waals surface area contributed by atoms with Crippen molar-refractivity contribution in [3.63, 3.8) is 0 Å². The number of carbonyl (C=O) groups excluding carboxylic acids is 1. The molecule has 1 nitrogen and oxygen atoms in total. The van der Waals surface area contributed by atoms with Gasteiger partial charge in [-0.3, -0.25) is 4.79 Å². The first-order chi connectivity index (χ1) is 11.1. The molecule has 0 bridgehead atoms. The summed E-state index contributed by atoms with van der Waals surface area (Å²) in [5.74, 6) is 0.474. The lowest BCUT2D eigenvalue weighted by Gasteiger charge is -2.41. The highest BCUT2D eigenvalue weighted by molar-refractivity contribution is 5.98. The van der Waals surface area contributed by atoms with Gasteiger partial charge in [0.25, 0.3) is 0 Å². The molecule has 1 aliphatic carbocycles. The van der Waals surface area contributed by atoms with Crippen molar-refractivity contribution in [2.45, 2.75) is 46.0 Å². The summed E-state index contributed by atoms with van der Waals surface area (Å²) in [7, 11) is 0. The Labute approximate surface area is 139 Å². The molecule has 0 heterocycles. The van der Waals surface area contributed by atoms with Crippen LogP contribution in [0.3, 0.4) is 0 Å². The van der Waals surface area contributed by atoms with Crippen LogP contribution in [-0.4, -0.2) is 5.78 Å². The van der Waals surface area contributed by atoms with E-state index >= 15 is 0 Å². The molecule has 0 aliphatic heterocycles. The molecular formula is C22H26O. The van der Waals surface area contributed by atoms with Crippen LogP contribution in [0.1, 0.15) is 54.1 Å². The lowest BCUT2D eigenvalue weighted by molar-refractivity contribution is 0.0647. The highest BCUT2D eigenvalue weighted by Gasteiger charge is 2.40. The number of hydrogen-bond donors (Lipinski definition) is 0. The van der Waals surface area contributed by atoms with E-state index in [-0.39, 0.29) is 11.3 Å². The molecule has 0 unspecified atom stereocenters. The molecule has 0 spiro atoms. The molecule has 0 radical (unpaired) electrons. The summed E-state index contributed by atoms with van der Waals surface area (Å²) < 4.78 is 0. The van der Waals surface area contributed by atoms with Crippen LogP contribution in [0.25, 0.3) is 0 Å². The summed E-state index contributed by atoms with van der Waals surface area (Å²) in [6.45, 7) is 4.38. The maximum atomic E-state index is 13.1. The molecule has 120 valence electrons. The zero-order valence-electron chi connectivity index (χ0n) is 14.2. The molecule has 2 aromatic rings. The van der Waals surface area contributed by atoms with Crippen molar-refractivity contribution in [1.29, 1.82) is 0 Å². The van der Waals surface area contributed by atoms with Gasteiger partial charge in [-0.25, -0.2) is 0 Å². The Kier molecular flexibility index (Phi) is 4.66. The van der Waals surface area contributed by atoms with Crippen LogP contribution in [0.2, 0.25) is 0 Å². The third kappa shape index (κ3) is 3.55. The first-order valence-electron chi connectivity index (χ1n) is 8.73. The third-order valence-corrected chi connectivity index (χ3v) is 5.44. The second kappa shape index (κ2) is 6.70. The minimum atomic E-state index is 0.0710. The fourth-order valence-electron chi connectivity index (χ4n) is 4.04. The van der Waals surface area contributed by atoms with Gasteiger partial charge in [-0.05, 0) is 37.2 Å². The summed E-state index contributed by atoms with van der Waals surface area (Å²) in [6.07, 6.45) is 5.57. The zero-order chi connectivity index (χ0) is 16.3. The van der Waals surface area contributed by atoms with Gasteiger partial charge in [0.15, 0.2) is 5.78 Å². The lowest BCUT2D eigenvalue weighted by atomic mass is 9.62. The molecule has 0 saturated heterocycles. The van der Waals surface area contributed by atoms with Crippen LogP contribution in [0.4, 0.5) is 0 Å². The number of Topliss-reactive ketones (excluding diaryl/α,β-unsaturated/α-hetero) is 1. The van der Waals surface area contributed by atoms with Crippen LogP contribution in [0, 0.1) is 18.3 Å². The van der Waals surface area contributed by atoms with Gasteiger partial charge < -0.3 is 0 Å². The second-order valence-electron chi connectivity index (χ2n) is 7.35. The summed E-state index contributed by atoms with van der Waals surface area (Å²) >= 11 is 0. The average Bonchev–Trinajstić information content (AvgIpc) is 2.56. The predicted octanol–water partition coefficient (Wildman–Crippen LogP) is 5.62. The molecule has 3 rings (SSSR count). The van der Waals surface area contributed by atoms with Gasteiger partial charge in [-0.15, -0.1) is 0 Å². The van der Waals surface area contributed by atoms with Crippen LogP contribution in [-0.2, 0) is 6.42 Å². The molecule has 0 amide bonds. The number of ketones is 1. The van der Waals surface area contributed by atoms with Crippen molar-refractivity contribution >= 4 is 5.78 Å². The molecule has 1 aliphatic rings. The molecule has 1 fully saturated rings. The summed E-state index contributed by atoms with van der Waals surface area (Å²) in [4.78, 5) is 13.1. The Bertz CT molecular complexity index is 656. The largest absolute Gasteiger partial charge is 0.294 e. The average molecular weight is 306 g/mol. The first-order valence-corrected chi connectivity index (χ1v) is 8.73. The van der Waals surface area contributed by atoms with Gasteiger partial charge in [-0.1, -0.05) is 79.9 Å². The molecule has 23 heavy (non-hydrogen) atoms. The second-order valence-corrected chi connectivity index (χ2v) is 7.35. The van der Waals surface area contributed by atoms with E-state index in [2.05, 4.69) is 44.2 Å². The maximum Gasteiger partial charge on any atom is 0.166 e. The number of rotatable bonds is 4. The molecular weight excluding hydrogens is 280 g/mol. The van der Waals surface area contributed by atoms with Crippen molar-refractivity contribution < 1.29 is 4.79 Å². The van der Waals surface area contributed by atoms with E-state index in [4.69, 9.17) is 0 Å². The standard InChI is InChI=1S/C22H26O/c1-17-11-13-19(14-12-17)21(23)20-10-6-7-15-22(20,2)16-18-8-4-3-5-9-18/h3-5,8-9,11-14,20H,6-7,10,15-16H2,1-2H3/t20-,22+/m1/s1. The highest BCUT2D eigenvalue weighted by atomic mass is 16.1. The van der Waals surface area contributed by atoms with Gasteiger partial charge in [0.1, 0.15) is 0 Å². The van der Waals surface area contributed by atoms with E-state index in [1.165, 1.54) is 24.0 Å². The van der Waals surface area contributed by atoms with E-state index in [0.29, 0.717) is 5.78 Å². The molecule has 0 aromatic heterocycles. The minimum Gasteiger partial charge on any atom is -0.294 e. The summed E-state index contributed by atoms with van der Waals surface area (Å²) in [5, 5.41) is 0. The SMILES string of the molecule is Cc1ccc(C(=O)[C@H]2CCCC[C@@]2(C)Cc2ccccc2)cc1. The molecule has 1 heteroatoms. The molecule has 2 aromatic carbocycles. The van der Waals surface area contributed by atoms with E-state index in [1.54, 1.807) is 0 Å². The summed E-state index contributed by atoms with van der Waals surface area (Å²) in [6, 6.07) is 18.7. The van der Waals surface area contributed by atoms with Crippen LogP contribution in [0.5, 0.6) is 0 Å². The first kappa shape index (κ1) is 16.0. The van der Waals surface area contributed by atoms with Gasteiger partial charge >= 0.3 is 0 Å². The van der Waals surface area contributed by atoms with E-state index in [1.807, 2.05) is 24.3 Å². The molecule has 2 atom stereocenters. The summed E-state index contributed by atoms with van der Waals surface area (Å²) in [5.41, 5.74) is 3.50. The zero-order valence-corrected chi connectivity index (χ0v) is 14.2. The van der Waals surface area contributed by atoms with Gasteiger partial charge in [0, 0.05) is 11.5 Å². The van der Waals surface area contributed by atoms with Crippen molar-refractivity contribution in [3.8, 4) is 0 Å². The van der Waals surface area contributed by atoms with E-state index in [0.717, 1.165) is 24.8 Å². The smallest absolute Gasteiger partial charge is 0.166 e. The Morgan fingerprint density at radius 2 is 1.74 bits per heavy atom. The van der Waals surface area contributed by atoms with Crippen molar-refractivity contribution in [3.05, 3.63) is 71.3 Å². The quantitative estimate of drug-likeness (QED) is 0.670. The number of aryl methyl sites for hydroxylation is 1. The van der Waals surface area contributed by atoms with Crippen molar-refractivity contribution in [1.82, 2.24) is 0 Å². The van der Waals surface area contributed by atoms with Gasteiger partial charge in [0.05, 0.1) is 0 Å². The van der Waals surface area contributed by atoms with Gasteiger partial charge in [0.2, 0.25) is 0 Å². The monoisotopic (exact) mass is 306 g/mol. The Hall–Kier alpha value is -1.89. The fraction of sp³-hybridized carbons (Fsp3) is 0.409. The number of hydrogen-bond acceptors (Lipinski definition) is 1. The Balaban J connectivity index is 1.85.